The van der Waals surface area contributed by atoms with Crippen LogP contribution in [0.5, 0.6) is 0 Å². The van der Waals surface area contributed by atoms with Crippen LogP contribution in [0.1, 0.15) is 52.9 Å². The first-order valence-electron chi connectivity index (χ1n) is 6.98. The minimum Gasteiger partial charge on any atom is -0.299 e. The van der Waals surface area contributed by atoms with Gasteiger partial charge in [-0.1, -0.05) is 36.7 Å². The summed E-state index contributed by atoms with van der Waals surface area (Å²) in [7, 11) is 0. The Hall–Kier alpha value is 0.150. The number of alkyl halides is 1. The van der Waals surface area contributed by atoms with Crippen LogP contribution in [0.15, 0.2) is 0 Å². The minimum atomic E-state index is 0.0803. The number of carbonyl (C=O) groups excluding carboxylic acids is 1. The molecule has 4 bridgehead atoms. The van der Waals surface area contributed by atoms with Crippen molar-refractivity contribution < 1.29 is 4.79 Å². The van der Waals surface area contributed by atoms with Gasteiger partial charge in [0.2, 0.25) is 0 Å². The smallest absolute Gasteiger partial charge is 0.139 e. The third-order valence-corrected chi connectivity index (χ3v) is 9.19. The molecule has 0 aromatic carbocycles. The van der Waals surface area contributed by atoms with Crippen molar-refractivity contribution in [3.05, 3.63) is 0 Å². The Bertz CT molecular complexity index is 442. The van der Waals surface area contributed by atoms with Crippen LogP contribution in [-0.2, 0) is 4.79 Å². The first kappa shape index (κ1) is 11.0. The summed E-state index contributed by atoms with van der Waals surface area (Å²) in [4.78, 5) is 13.0. The summed E-state index contributed by atoms with van der Waals surface area (Å²) in [6.45, 7) is 7.04. The second kappa shape index (κ2) is 2.55. The largest absolute Gasteiger partial charge is 0.299 e. The lowest BCUT2D eigenvalue weighted by Gasteiger charge is -2.87. The third-order valence-electron chi connectivity index (χ3n) is 7.58. The summed E-state index contributed by atoms with van der Waals surface area (Å²) in [5.74, 6) is 1.31. The Morgan fingerprint density at radius 2 is 2.00 bits per heavy atom. The molecule has 0 heterocycles. The Labute approximate surface area is 112 Å². The van der Waals surface area contributed by atoms with Crippen LogP contribution in [0.25, 0.3) is 0 Å². The molecule has 0 aromatic heterocycles. The summed E-state index contributed by atoms with van der Waals surface area (Å²) in [5.41, 5.74) is 1.27. The van der Waals surface area contributed by atoms with Crippen LogP contribution in [0.3, 0.4) is 0 Å². The van der Waals surface area contributed by atoms with Crippen LogP contribution in [0.2, 0.25) is 0 Å². The molecule has 5 fully saturated rings. The maximum absolute atomic E-state index is 12.4. The molecule has 5 aliphatic rings. The maximum Gasteiger partial charge on any atom is 0.139 e. The fourth-order valence-electron chi connectivity index (χ4n) is 6.42. The molecule has 5 aliphatic carbocycles. The van der Waals surface area contributed by atoms with E-state index in [4.69, 9.17) is 0 Å². The van der Waals surface area contributed by atoms with E-state index in [1.54, 1.807) is 0 Å². The van der Waals surface area contributed by atoms with Gasteiger partial charge >= 0.3 is 0 Å². The van der Waals surface area contributed by atoms with E-state index < -0.39 is 0 Å². The van der Waals surface area contributed by atoms with Gasteiger partial charge in [-0.3, -0.25) is 4.79 Å². The predicted octanol–water partition coefficient (Wildman–Crippen LogP) is 3.95. The summed E-state index contributed by atoms with van der Waals surface area (Å²) >= 11 is 3.90. The number of halogens is 1. The monoisotopic (exact) mass is 296 g/mol. The van der Waals surface area contributed by atoms with Gasteiger partial charge in [0.15, 0.2) is 0 Å². The van der Waals surface area contributed by atoms with Gasteiger partial charge in [0, 0.05) is 16.7 Å². The molecule has 0 aliphatic heterocycles. The van der Waals surface area contributed by atoms with E-state index in [1.165, 1.54) is 25.7 Å². The molecule has 2 heteroatoms. The number of Topliss-reactive ketones (excluding diaryl/α,β-unsaturated/α-hetero) is 1. The average molecular weight is 297 g/mol. The molecule has 5 rings (SSSR count). The highest BCUT2D eigenvalue weighted by Crippen LogP contribution is 2.90. The van der Waals surface area contributed by atoms with Crippen molar-refractivity contribution in [1.82, 2.24) is 0 Å². The molecule has 0 radical (unpaired) electrons. The third kappa shape index (κ3) is 0.786. The second-order valence-electron chi connectivity index (χ2n) is 7.92. The number of carbonyl (C=O) groups is 1. The molecule has 1 nitrogen and oxygen atoms in total. The Morgan fingerprint density at radius 1 is 1.29 bits per heavy atom. The molecule has 2 spiro atoms. The molecule has 17 heavy (non-hydrogen) atoms. The normalized spacial score (nSPS) is 62.2. The predicted molar refractivity (Wildman–Crippen MR) is 71.1 cm³/mol. The van der Waals surface area contributed by atoms with E-state index in [1.807, 2.05) is 0 Å². The number of hydrogen-bond donors (Lipinski definition) is 0. The first-order chi connectivity index (χ1) is 7.80. The zero-order valence-corrected chi connectivity index (χ0v) is 12.6. The summed E-state index contributed by atoms with van der Waals surface area (Å²) in [5, 5.41) is 0. The van der Waals surface area contributed by atoms with Gasteiger partial charge in [-0.15, -0.1) is 0 Å². The fourth-order valence-corrected chi connectivity index (χ4v) is 7.09. The average Bonchev–Trinajstić information content (AvgIpc) is 2.24. The molecule has 0 saturated heterocycles. The lowest BCUT2D eigenvalue weighted by molar-refractivity contribution is -0.360. The highest BCUT2D eigenvalue weighted by Gasteiger charge is 2.86. The molecule has 0 N–H and O–H groups in total. The lowest BCUT2D eigenvalue weighted by Crippen LogP contribution is -2.84. The van der Waals surface area contributed by atoms with E-state index in [2.05, 4.69) is 36.7 Å². The maximum atomic E-state index is 12.4. The molecule has 5 atom stereocenters. The van der Waals surface area contributed by atoms with Crippen molar-refractivity contribution in [2.24, 2.45) is 27.6 Å². The van der Waals surface area contributed by atoms with Crippen LogP contribution in [0.4, 0.5) is 0 Å². The van der Waals surface area contributed by atoms with E-state index in [-0.39, 0.29) is 5.41 Å². The standard InChI is InChI=1S/C15H21BrO/c1-12(2)10(16)4-5-14-8-13(3)9(14)6-15(12,14)7-11(13)17/h9-10H,4-8H2,1-3H3/t9?,10?,13?,14-,15-/m1/s1. The van der Waals surface area contributed by atoms with E-state index in [0.29, 0.717) is 26.9 Å². The Balaban J connectivity index is 1.86. The van der Waals surface area contributed by atoms with Gasteiger partial charge in [0.1, 0.15) is 5.78 Å². The summed E-state index contributed by atoms with van der Waals surface area (Å²) in [6.07, 6.45) is 6.06. The van der Waals surface area contributed by atoms with Crippen LogP contribution in [-0.4, -0.2) is 10.6 Å². The van der Waals surface area contributed by atoms with Crippen LogP contribution >= 0.6 is 15.9 Å². The molecule has 94 valence electrons. The molecule has 0 amide bonds. The van der Waals surface area contributed by atoms with Crippen molar-refractivity contribution in [3.8, 4) is 0 Å². The summed E-state index contributed by atoms with van der Waals surface area (Å²) < 4.78 is 0. The quantitative estimate of drug-likeness (QED) is 0.619. The van der Waals surface area contributed by atoms with Gasteiger partial charge in [-0.2, -0.15) is 0 Å². The summed E-state index contributed by atoms with van der Waals surface area (Å²) in [6, 6.07) is 0. The molecule has 5 saturated carbocycles. The van der Waals surface area contributed by atoms with Crippen LogP contribution in [0, 0.1) is 27.6 Å². The topological polar surface area (TPSA) is 17.1 Å². The van der Waals surface area contributed by atoms with E-state index in [0.717, 1.165) is 12.3 Å². The Kier molecular flexibility index (Phi) is 1.65. The number of rotatable bonds is 0. The molecular weight excluding hydrogens is 276 g/mol. The highest BCUT2D eigenvalue weighted by atomic mass is 79.9. The van der Waals surface area contributed by atoms with Gasteiger partial charge < -0.3 is 0 Å². The van der Waals surface area contributed by atoms with Gasteiger partial charge in [-0.25, -0.2) is 0 Å². The second-order valence-corrected chi connectivity index (χ2v) is 9.02. The van der Waals surface area contributed by atoms with Crippen molar-refractivity contribution >= 4 is 21.7 Å². The van der Waals surface area contributed by atoms with Gasteiger partial charge in [0.05, 0.1) is 0 Å². The molecule has 3 unspecified atom stereocenters. The Morgan fingerprint density at radius 3 is 2.65 bits per heavy atom. The first-order valence-corrected chi connectivity index (χ1v) is 7.89. The van der Waals surface area contributed by atoms with Crippen LogP contribution < -0.4 is 0 Å². The zero-order chi connectivity index (χ0) is 12.3. The van der Waals surface area contributed by atoms with Crippen molar-refractivity contribution in [3.63, 3.8) is 0 Å². The number of hydrogen-bond acceptors (Lipinski definition) is 1. The van der Waals surface area contributed by atoms with Crippen molar-refractivity contribution in [2.45, 2.75) is 57.7 Å². The molecule has 0 aromatic rings. The van der Waals surface area contributed by atoms with E-state index >= 15 is 0 Å². The fraction of sp³-hybridized carbons (Fsp3) is 0.933. The zero-order valence-electron chi connectivity index (χ0n) is 11.0. The van der Waals surface area contributed by atoms with Crippen molar-refractivity contribution in [1.29, 1.82) is 0 Å². The number of ketones is 1. The van der Waals surface area contributed by atoms with Gasteiger partial charge in [-0.05, 0) is 47.8 Å². The van der Waals surface area contributed by atoms with E-state index in [9.17, 15) is 4.79 Å². The van der Waals surface area contributed by atoms with Gasteiger partial charge in [0.25, 0.3) is 0 Å². The van der Waals surface area contributed by atoms with Crippen molar-refractivity contribution in [2.75, 3.05) is 0 Å². The molecular formula is C15H21BrO. The number of fused-ring (bicyclic) bond motifs is 1. The lowest BCUT2D eigenvalue weighted by atomic mass is 9.16. The highest BCUT2D eigenvalue weighted by molar-refractivity contribution is 9.09. The minimum absolute atomic E-state index is 0.0803. The SMILES string of the molecule is CC12C[C@@]34CCC(Br)C(C)(C)[C@]3(CC1=O)CC24.